The van der Waals surface area contributed by atoms with E-state index in [1.165, 1.54) is 41.2 Å². The summed E-state index contributed by atoms with van der Waals surface area (Å²) >= 11 is 2.39. The average molecular weight is 398 g/mol. The first kappa shape index (κ1) is 15.8. The molecule has 116 valence electrons. The number of rotatable bonds is 2. The van der Waals surface area contributed by atoms with Crippen molar-refractivity contribution in [1.82, 2.24) is 10.2 Å². The maximum absolute atomic E-state index is 3.80. The third kappa shape index (κ3) is 3.62. The monoisotopic (exact) mass is 398 g/mol. The first-order valence-electron chi connectivity index (χ1n) is 8.24. The standard InChI is InChI=1S/C18H27IN2/c1-17(2)14-21(12-15-6-8-16(19)9-7-15)18(13-20-17)10-4-3-5-11-18/h6-9,20H,3-5,10-14H2,1-2H3. The number of hydrogen-bond donors (Lipinski definition) is 1. The van der Waals surface area contributed by atoms with Crippen LogP contribution in [0.2, 0.25) is 0 Å². The van der Waals surface area contributed by atoms with Crippen LogP contribution in [0.4, 0.5) is 0 Å². The molecular formula is C18H27IN2. The van der Waals surface area contributed by atoms with Crippen LogP contribution in [-0.2, 0) is 6.54 Å². The van der Waals surface area contributed by atoms with Crippen molar-refractivity contribution in [1.29, 1.82) is 0 Å². The van der Waals surface area contributed by atoms with Gasteiger partial charge < -0.3 is 5.32 Å². The molecule has 1 saturated carbocycles. The molecule has 2 fully saturated rings. The zero-order valence-corrected chi connectivity index (χ0v) is 15.4. The van der Waals surface area contributed by atoms with E-state index in [2.05, 4.69) is 70.9 Å². The maximum atomic E-state index is 3.80. The fourth-order valence-electron chi connectivity index (χ4n) is 3.95. The number of nitrogens with zero attached hydrogens (tertiary/aromatic N) is 1. The van der Waals surface area contributed by atoms with Crippen molar-refractivity contribution in [3.8, 4) is 0 Å². The minimum Gasteiger partial charge on any atom is -0.309 e. The SMILES string of the molecule is CC1(C)CN(Cc2ccc(I)cc2)C2(CCCCC2)CN1. The molecule has 1 aromatic rings. The van der Waals surface area contributed by atoms with E-state index in [4.69, 9.17) is 0 Å². The Morgan fingerprint density at radius 2 is 1.76 bits per heavy atom. The highest BCUT2D eigenvalue weighted by Crippen LogP contribution is 2.37. The fourth-order valence-corrected chi connectivity index (χ4v) is 4.31. The van der Waals surface area contributed by atoms with Gasteiger partial charge in [0.15, 0.2) is 0 Å². The number of benzene rings is 1. The highest BCUT2D eigenvalue weighted by molar-refractivity contribution is 14.1. The van der Waals surface area contributed by atoms with Gasteiger partial charge in [0.1, 0.15) is 0 Å². The first-order chi connectivity index (χ1) is 9.99. The van der Waals surface area contributed by atoms with Gasteiger partial charge in [0, 0.05) is 34.3 Å². The highest BCUT2D eigenvalue weighted by Gasteiger charge is 2.44. The van der Waals surface area contributed by atoms with E-state index in [1.807, 2.05) is 0 Å². The van der Waals surface area contributed by atoms with E-state index in [1.54, 1.807) is 0 Å². The Labute approximate surface area is 142 Å². The van der Waals surface area contributed by atoms with E-state index in [0.29, 0.717) is 5.54 Å². The lowest BCUT2D eigenvalue weighted by molar-refractivity contribution is -0.0161. The van der Waals surface area contributed by atoms with Gasteiger partial charge in [-0.1, -0.05) is 31.4 Å². The van der Waals surface area contributed by atoms with E-state index < -0.39 is 0 Å². The Hall–Kier alpha value is -0.130. The molecule has 3 heteroatoms. The quantitative estimate of drug-likeness (QED) is 0.753. The molecule has 21 heavy (non-hydrogen) atoms. The molecule has 3 rings (SSSR count). The summed E-state index contributed by atoms with van der Waals surface area (Å²) in [6, 6.07) is 9.06. The summed E-state index contributed by atoms with van der Waals surface area (Å²) in [4.78, 5) is 2.78. The Bertz CT molecular complexity index is 474. The summed E-state index contributed by atoms with van der Waals surface area (Å²) in [6.45, 7) is 8.08. The molecule has 1 saturated heterocycles. The van der Waals surface area contributed by atoms with Crippen LogP contribution >= 0.6 is 22.6 Å². The average Bonchev–Trinajstić information content (AvgIpc) is 2.47. The Kier molecular flexibility index (Phi) is 4.63. The molecular weight excluding hydrogens is 371 g/mol. The fraction of sp³-hybridized carbons (Fsp3) is 0.667. The Morgan fingerprint density at radius 3 is 2.43 bits per heavy atom. The molecule has 2 nitrogen and oxygen atoms in total. The zero-order valence-electron chi connectivity index (χ0n) is 13.3. The molecule has 2 aliphatic rings. The van der Waals surface area contributed by atoms with Crippen LogP contribution in [0.25, 0.3) is 0 Å². The van der Waals surface area contributed by atoms with Gasteiger partial charge in [-0.05, 0) is 67.0 Å². The summed E-state index contributed by atoms with van der Waals surface area (Å²) in [5, 5.41) is 3.80. The number of nitrogens with one attached hydrogen (secondary N) is 1. The summed E-state index contributed by atoms with van der Waals surface area (Å²) in [6.07, 6.45) is 6.93. The molecule has 1 N–H and O–H groups in total. The van der Waals surface area contributed by atoms with Gasteiger partial charge in [0.25, 0.3) is 0 Å². The first-order valence-corrected chi connectivity index (χ1v) is 9.32. The third-order valence-corrected chi connectivity index (χ3v) is 5.94. The van der Waals surface area contributed by atoms with Gasteiger partial charge in [-0.2, -0.15) is 0 Å². The maximum Gasteiger partial charge on any atom is 0.0338 e. The minimum atomic E-state index is 0.228. The molecule has 0 amide bonds. The second-order valence-corrected chi connectivity index (χ2v) is 8.75. The van der Waals surface area contributed by atoms with Crippen molar-refractivity contribution in [3.05, 3.63) is 33.4 Å². The van der Waals surface area contributed by atoms with Crippen LogP contribution < -0.4 is 5.32 Å². The predicted molar refractivity (Wildman–Crippen MR) is 97.5 cm³/mol. The third-order valence-electron chi connectivity index (χ3n) is 5.22. The van der Waals surface area contributed by atoms with Crippen LogP contribution in [-0.4, -0.2) is 29.1 Å². The van der Waals surface area contributed by atoms with Crippen molar-refractivity contribution >= 4 is 22.6 Å². The molecule has 0 unspecified atom stereocenters. The molecule has 0 bridgehead atoms. The van der Waals surface area contributed by atoms with Gasteiger partial charge in [0.05, 0.1) is 0 Å². The van der Waals surface area contributed by atoms with Crippen LogP contribution in [0.3, 0.4) is 0 Å². The Balaban J connectivity index is 1.81. The molecule has 1 aromatic carbocycles. The molecule has 1 aliphatic carbocycles. The van der Waals surface area contributed by atoms with Gasteiger partial charge in [-0.3, -0.25) is 4.90 Å². The smallest absolute Gasteiger partial charge is 0.0338 e. The van der Waals surface area contributed by atoms with Crippen molar-refractivity contribution in [3.63, 3.8) is 0 Å². The van der Waals surface area contributed by atoms with Crippen molar-refractivity contribution < 1.29 is 0 Å². The van der Waals surface area contributed by atoms with Crippen molar-refractivity contribution in [2.45, 2.75) is 63.6 Å². The van der Waals surface area contributed by atoms with Crippen LogP contribution in [0.1, 0.15) is 51.5 Å². The van der Waals surface area contributed by atoms with E-state index in [9.17, 15) is 0 Å². The highest BCUT2D eigenvalue weighted by atomic mass is 127. The van der Waals surface area contributed by atoms with E-state index >= 15 is 0 Å². The number of piperazine rings is 1. The minimum absolute atomic E-state index is 0.228. The van der Waals surface area contributed by atoms with E-state index in [-0.39, 0.29) is 5.54 Å². The summed E-state index contributed by atoms with van der Waals surface area (Å²) < 4.78 is 1.32. The van der Waals surface area contributed by atoms with Gasteiger partial charge in [-0.15, -0.1) is 0 Å². The van der Waals surface area contributed by atoms with Gasteiger partial charge in [-0.25, -0.2) is 0 Å². The lowest BCUT2D eigenvalue weighted by Crippen LogP contribution is -2.68. The number of hydrogen-bond acceptors (Lipinski definition) is 2. The lowest BCUT2D eigenvalue weighted by atomic mass is 9.76. The van der Waals surface area contributed by atoms with Gasteiger partial charge >= 0.3 is 0 Å². The summed E-state index contributed by atoms with van der Waals surface area (Å²) in [5.74, 6) is 0. The lowest BCUT2D eigenvalue weighted by Gasteiger charge is -2.54. The Morgan fingerprint density at radius 1 is 1.10 bits per heavy atom. The zero-order chi connectivity index (χ0) is 14.9. The second-order valence-electron chi connectivity index (χ2n) is 7.50. The van der Waals surface area contributed by atoms with Crippen molar-refractivity contribution in [2.75, 3.05) is 13.1 Å². The molecule has 0 aromatic heterocycles. The molecule has 0 atom stereocenters. The summed E-state index contributed by atoms with van der Waals surface area (Å²) in [5.41, 5.74) is 2.08. The molecule has 1 spiro atoms. The van der Waals surface area contributed by atoms with Gasteiger partial charge in [0.2, 0.25) is 0 Å². The number of halogens is 1. The molecule has 0 radical (unpaired) electrons. The normalized spacial score (nSPS) is 25.1. The van der Waals surface area contributed by atoms with Crippen LogP contribution in [0.15, 0.2) is 24.3 Å². The van der Waals surface area contributed by atoms with Crippen LogP contribution in [0.5, 0.6) is 0 Å². The molecule has 1 heterocycles. The second kappa shape index (κ2) is 6.17. The summed E-state index contributed by atoms with van der Waals surface area (Å²) in [7, 11) is 0. The van der Waals surface area contributed by atoms with Crippen molar-refractivity contribution in [2.24, 2.45) is 0 Å². The predicted octanol–water partition coefficient (Wildman–Crippen LogP) is 4.18. The topological polar surface area (TPSA) is 15.3 Å². The molecule has 1 aliphatic heterocycles. The van der Waals surface area contributed by atoms with E-state index in [0.717, 1.165) is 19.6 Å². The largest absolute Gasteiger partial charge is 0.309 e. The van der Waals surface area contributed by atoms with Crippen LogP contribution in [0, 0.1) is 3.57 Å².